The Labute approximate surface area is 123 Å². The topological polar surface area (TPSA) is 92.9 Å². The molecular formula is C15H20N2O4. The molecule has 1 aliphatic heterocycles. The molecule has 0 aliphatic carbocycles. The molecule has 21 heavy (non-hydrogen) atoms. The largest absolute Gasteiger partial charge is 0.489 e. The highest BCUT2D eigenvalue weighted by Crippen LogP contribution is 2.35. The van der Waals surface area contributed by atoms with Crippen molar-refractivity contribution in [1.29, 1.82) is 0 Å². The van der Waals surface area contributed by atoms with E-state index in [0.29, 0.717) is 12.2 Å². The minimum atomic E-state index is -1.07. The van der Waals surface area contributed by atoms with Crippen LogP contribution in [-0.4, -0.2) is 36.2 Å². The number of para-hydroxylation sites is 1. The number of ether oxygens (including phenoxy) is 1. The average molecular weight is 292 g/mol. The maximum absolute atomic E-state index is 12.4. The van der Waals surface area contributed by atoms with Gasteiger partial charge in [0.1, 0.15) is 12.2 Å². The number of nitrogens with two attached hydrogens (primary N) is 1. The first-order valence-electron chi connectivity index (χ1n) is 7.09. The fraction of sp³-hybridized carbons (Fsp3) is 0.467. The third kappa shape index (κ3) is 3.33. The van der Waals surface area contributed by atoms with Gasteiger partial charge >= 0.3 is 5.97 Å². The van der Waals surface area contributed by atoms with E-state index in [0.717, 1.165) is 12.8 Å². The van der Waals surface area contributed by atoms with Gasteiger partial charge in [0.15, 0.2) is 5.75 Å². The molecule has 1 aliphatic rings. The van der Waals surface area contributed by atoms with Crippen LogP contribution in [0.15, 0.2) is 18.2 Å². The molecule has 0 saturated heterocycles. The van der Waals surface area contributed by atoms with Gasteiger partial charge in [-0.05, 0) is 18.6 Å². The Morgan fingerprint density at radius 3 is 2.90 bits per heavy atom. The standard InChI is InChI=1S/C15H20N2O4/c1-2-4-10(16)9-13(18)17-7-8-21-14-11(15(19)20)5-3-6-12(14)17/h3,5-6,10H,2,4,7-9,16H2,1H3,(H,19,20). The second-order valence-electron chi connectivity index (χ2n) is 5.11. The number of carbonyl (C=O) groups excluding carboxylic acids is 1. The van der Waals surface area contributed by atoms with Crippen LogP contribution in [-0.2, 0) is 4.79 Å². The number of aromatic carboxylic acids is 1. The van der Waals surface area contributed by atoms with Gasteiger partial charge in [0.2, 0.25) is 5.91 Å². The monoisotopic (exact) mass is 292 g/mol. The van der Waals surface area contributed by atoms with Crippen molar-refractivity contribution >= 4 is 17.6 Å². The maximum atomic E-state index is 12.4. The molecule has 1 amide bonds. The number of benzene rings is 1. The molecule has 0 bridgehead atoms. The summed E-state index contributed by atoms with van der Waals surface area (Å²) in [6.45, 7) is 2.72. The van der Waals surface area contributed by atoms with Gasteiger partial charge in [-0.3, -0.25) is 4.79 Å². The highest BCUT2D eigenvalue weighted by atomic mass is 16.5. The molecule has 2 rings (SSSR count). The fourth-order valence-corrected chi connectivity index (χ4v) is 2.48. The van der Waals surface area contributed by atoms with Gasteiger partial charge in [0, 0.05) is 12.5 Å². The molecular weight excluding hydrogens is 272 g/mol. The number of carbonyl (C=O) groups is 2. The van der Waals surface area contributed by atoms with Gasteiger partial charge in [-0.2, -0.15) is 0 Å². The summed E-state index contributed by atoms with van der Waals surface area (Å²) >= 11 is 0. The number of fused-ring (bicyclic) bond motifs is 1. The molecule has 1 aromatic rings. The van der Waals surface area contributed by atoms with Crippen molar-refractivity contribution in [2.75, 3.05) is 18.1 Å². The number of carboxylic acids is 1. The van der Waals surface area contributed by atoms with Crippen molar-refractivity contribution in [1.82, 2.24) is 0 Å². The van der Waals surface area contributed by atoms with Crippen molar-refractivity contribution in [2.24, 2.45) is 5.73 Å². The Hall–Kier alpha value is -2.08. The summed E-state index contributed by atoms with van der Waals surface area (Å²) in [4.78, 5) is 25.1. The van der Waals surface area contributed by atoms with Crippen LogP contribution in [0.3, 0.4) is 0 Å². The SMILES string of the molecule is CCCC(N)CC(=O)N1CCOc2c(C(=O)O)cccc21. The van der Waals surface area contributed by atoms with E-state index >= 15 is 0 Å². The zero-order valence-electron chi connectivity index (χ0n) is 12.0. The molecule has 6 heteroatoms. The summed E-state index contributed by atoms with van der Waals surface area (Å²) in [6.07, 6.45) is 1.97. The normalized spacial score (nSPS) is 15.0. The number of anilines is 1. The highest BCUT2D eigenvalue weighted by Gasteiger charge is 2.28. The minimum absolute atomic E-state index is 0.0721. The third-order valence-electron chi connectivity index (χ3n) is 3.47. The molecule has 3 N–H and O–H groups in total. The molecule has 0 spiro atoms. The molecule has 6 nitrogen and oxygen atoms in total. The minimum Gasteiger partial charge on any atom is -0.489 e. The molecule has 1 aromatic carbocycles. The van der Waals surface area contributed by atoms with Gasteiger partial charge in [0.05, 0.1) is 12.2 Å². The summed E-state index contributed by atoms with van der Waals surface area (Å²) < 4.78 is 5.44. The van der Waals surface area contributed by atoms with E-state index in [1.165, 1.54) is 6.07 Å². The van der Waals surface area contributed by atoms with Crippen molar-refractivity contribution in [2.45, 2.75) is 32.2 Å². The molecule has 1 heterocycles. The highest BCUT2D eigenvalue weighted by molar-refractivity contribution is 6.00. The van der Waals surface area contributed by atoms with Crippen molar-refractivity contribution in [3.63, 3.8) is 0 Å². The maximum Gasteiger partial charge on any atom is 0.339 e. The number of rotatable bonds is 5. The van der Waals surface area contributed by atoms with Gasteiger partial charge in [-0.25, -0.2) is 4.79 Å². The summed E-state index contributed by atoms with van der Waals surface area (Å²) in [5.41, 5.74) is 6.50. The Morgan fingerprint density at radius 1 is 1.48 bits per heavy atom. The molecule has 0 radical (unpaired) electrons. The predicted molar refractivity (Wildman–Crippen MR) is 78.7 cm³/mol. The van der Waals surface area contributed by atoms with Crippen LogP contribution in [0.25, 0.3) is 0 Å². The van der Waals surface area contributed by atoms with Gasteiger partial charge < -0.3 is 20.5 Å². The van der Waals surface area contributed by atoms with Crippen LogP contribution < -0.4 is 15.4 Å². The van der Waals surface area contributed by atoms with E-state index in [1.807, 2.05) is 6.92 Å². The lowest BCUT2D eigenvalue weighted by Gasteiger charge is -2.31. The zero-order valence-corrected chi connectivity index (χ0v) is 12.0. The molecule has 0 fully saturated rings. The Kier molecular flexibility index (Phi) is 4.80. The number of amides is 1. The van der Waals surface area contributed by atoms with E-state index in [2.05, 4.69) is 0 Å². The fourth-order valence-electron chi connectivity index (χ4n) is 2.48. The van der Waals surface area contributed by atoms with Gasteiger partial charge in [-0.15, -0.1) is 0 Å². The first kappa shape index (κ1) is 15.3. The number of nitrogens with zero attached hydrogens (tertiary/aromatic N) is 1. The summed E-state index contributed by atoms with van der Waals surface area (Å²) in [5, 5.41) is 9.18. The second kappa shape index (κ2) is 6.58. The van der Waals surface area contributed by atoms with E-state index in [9.17, 15) is 14.7 Å². The lowest BCUT2D eigenvalue weighted by Crippen LogP contribution is -2.41. The van der Waals surface area contributed by atoms with Crippen LogP contribution in [0.4, 0.5) is 5.69 Å². The molecule has 0 aromatic heterocycles. The summed E-state index contributed by atoms with van der Waals surface area (Å²) in [5.74, 6) is -0.902. The quantitative estimate of drug-likeness (QED) is 0.860. The number of hydrogen-bond acceptors (Lipinski definition) is 4. The second-order valence-corrected chi connectivity index (χ2v) is 5.11. The molecule has 1 unspecified atom stereocenters. The van der Waals surface area contributed by atoms with Crippen molar-refractivity contribution in [3.05, 3.63) is 23.8 Å². The predicted octanol–water partition coefficient (Wildman–Crippen LogP) is 1.63. The van der Waals surface area contributed by atoms with E-state index in [-0.39, 0.29) is 36.3 Å². The lowest BCUT2D eigenvalue weighted by atomic mass is 10.1. The molecule has 0 saturated carbocycles. The molecule has 1 atom stereocenters. The summed E-state index contributed by atoms with van der Waals surface area (Å²) in [6, 6.07) is 4.61. The Bertz CT molecular complexity index is 544. The smallest absolute Gasteiger partial charge is 0.339 e. The average Bonchev–Trinajstić information content (AvgIpc) is 2.45. The van der Waals surface area contributed by atoms with Crippen LogP contribution in [0, 0.1) is 0 Å². The van der Waals surface area contributed by atoms with E-state index in [4.69, 9.17) is 10.5 Å². The first-order chi connectivity index (χ1) is 10.0. The third-order valence-corrected chi connectivity index (χ3v) is 3.47. The van der Waals surface area contributed by atoms with Crippen LogP contribution in [0.5, 0.6) is 5.75 Å². The summed E-state index contributed by atoms with van der Waals surface area (Å²) in [7, 11) is 0. The number of hydrogen-bond donors (Lipinski definition) is 2. The zero-order chi connectivity index (χ0) is 15.4. The Morgan fingerprint density at radius 2 is 2.24 bits per heavy atom. The van der Waals surface area contributed by atoms with Crippen LogP contribution >= 0.6 is 0 Å². The van der Waals surface area contributed by atoms with Crippen molar-refractivity contribution in [3.8, 4) is 5.75 Å². The van der Waals surface area contributed by atoms with Gasteiger partial charge in [-0.1, -0.05) is 19.4 Å². The van der Waals surface area contributed by atoms with Crippen molar-refractivity contribution < 1.29 is 19.4 Å². The van der Waals surface area contributed by atoms with E-state index in [1.54, 1.807) is 17.0 Å². The number of carboxylic acid groups (broad SMARTS) is 1. The molecule has 114 valence electrons. The van der Waals surface area contributed by atoms with E-state index < -0.39 is 5.97 Å². The Balaban J connectivity index is 2.24. The van der Waals surface area contributed by atoms with Gasteiger partial charge in [0.25, 0.3) is 0 Å². The van der Waals surface area contributed by atoms with Crippen LogP contribution in [0.2, 0.25) is 0 Å². The lowest BCUT2D eigenvalue weighted by molar-refractivity contribution is -0.119. The first-order valence-corrected chi connectivity index (χ1v) is 7.09. The van der Waals surface area contributed by atoms with Crippen LogP contribution in [0.1, 0.15) is 36.5 Å².